The number of amides is 1. The zero-order valence-corrected chi connectivity index (χ0v) is 25.5. The summed E-state index contributed by atoms with van der Waals surface area (Å²) in [4.78, 5) is 23.6. The van der Waals surface area contributed by atoms with Crippen molar-refractivity contribution in [2.75, 3.05) is 50.8 Å². The predicted octanol–water partition coefficient (Wildman–Crippen LogP) is 5.18. The highest BCUT2D eigenvalue weighted by atomic mass is 16.5. The fourth-order valence-corrected chi connectivity index (χ4v) is 6.57. The summed E-state index contributed by atoms with van der Waals surface area (Å²) in [5.74, 6) is 0.890. The number of anilines is 1. The lowest BCUT2D eigenvalue weighted by molar-refractivity contribution is -0.0117. The summed E-state index contributed by atoms with van der Waals surface area (Å²) in [5, 5.41) is 7.46. The minimum Gasteiger partial charge on any atom is -0.378 e. The molecule has 2 aromatic heterocycles. The number of nitrogens with one attached hydrogen (secondary N) is 2. The van der Waals surface area contributed by atoms with Crippen LogP contribution in [-0.2, 0) is 4.74 Å². The van der Waals surface area contributed by atoms with Crippen molar-refractivity contribution in [2.45, 2.75) is 46.7 Å². The molecule has 8 heteroatoms. The second kappa shape index (κ2) is 11.4. The number of nitrogens with zero attached hydrogens (tertiary/aromatic N) is 4. The van der Waals surface area contributed by atoms with Gasteiger partial charge in [-0.3, -0.25) is 9.69 Å². The van der Waals surface area contributed by atoms with Crippen LogP contribution in [0.25, 0.3) is 22.0 Å². The van der Waals surface area contributed by atoms with E-state index >= 15 is 0 Å². The largest absolute Gasteiger partial charge is 0.378 e. The molecule has 1 aromatic carbocycles. The van der Waals surface area contributed by atoms with Gasteiger partial charge in [-0.25, -0.2) is 4.98 Å². The van der Waals surface area contributed by atoms with Crippen molar-refractivity contribution in [3.05, 3.63) is 83.0 Å². The molecule has 1 unspecified atom stereocenters. The van der Waals surface area contributed by atoms with Gasteiger partial charge < -0.3 is 24.8 Å². The average Bonchev–Trinajstić information content (AvgIpc) is 3.32. The van der Waals surface area contributed by atoms with Crippen molar-refractivity contribution < 1.29 is 9.53 Å². The third-order valence-corrected chi connectivity index (χ3v) is 8.81. The maximum absolute atomic E-state index is 13.8. The number of carbonyl (C=O) groups excluding carboxylic acids is 1. The summed E-state index contributed by atoms with van der Waals surface area (Å²) in [7, 11) is 0. The van der Waals surface area contributed by atoms with Gasteiger partial charge in [-0.05, 0) is 87.2 Å². The summed E-state index contributed by atoms with van der Waals surface area (Å²) in [5.41, 5.74) is 8.81. The van der Waals surface area contributed by atoms with E-state index in [4.69, 9.17) is 9.72 Å². The first-order chi connectivity index (χ1) is 20.2. The molecule has 0 spiro atoms. The number of piperazine rings is 1. The van der Waals surface area contributed by atoms with Gasteiger partial charge in [-0.15, -0.1) is 0 Å². The molecule has 3 aliphatic rings. The Morgan fingerprint density at radius 3 is 2.74 bits per heavy atom. The minimum absolute atomic E-state index is 0.0945. The van der Waals surface area contributed by atoms with Crippen molar-refractivity contribution in [3.63, 3.8) is 0 Å². The Morgan fingerprint density at radius 1 is 1.17 bits per heavy atom. The van der Waals surface area contributed by atoms with Gasteiger partial charge in [0, 0.05) is 84.6 Å². The summed E-state index contributed by atoms with van der Waals surface area (Å²) in [6.45, 7) is 20.6. The van der Waals surface area contributed by atoms with Gasteiger partial charge in [0.15, 0.2) is 0 Å². The third-order valence-electron chi connectivity index (χ3n) is 8.81. The first-order valence-corrected chi connectivity index (χ1v) is 15.0. The van der Waals surface area contributed by atoms with Crippen molar-refractivity contribution in [1.29, 1.82) is 0 Å². The number of hydrogen-bond donors (Lipinski definition) is 2. The molecule has 0 radical (unpaired) electrons. The SMILES string of the molecule is C=C1NC(C)=CC(C)=C1CNC(=O)c1cc(-c2ccc(N3CCN4CCOCC4C3)nc2)cc2c1c(C)cn2C(C)C. The van der Waals surface area contributed by atoms with E-state index in [9.17, 15) is 4.79 Å². The Morgan fingerprint density at radius 2 is 2.00 bits per heavy atom. The first-order valence-electron chi connectivity index (χ1n) is 15.0. The number of dihydropyridines is 1. The second-order valence-corrected chi connectivity index (χ2v) is 12.1. The van der Waals surface area contributed by atoms with Crippen molar-refractivity contribution >= 4 is 22.6 Å². The number of pyridine rings is 1. The quantitative estimate of drug-likeness (QED) is 0.428. The van der Waals surface area contributed by atoms with E-state index in [0.29, 0.717) is 18.2 Å². The van der Waals surface area contributed by atoms with Gasteiger partial charge in [-0.1, -0.05) is 6.58 Å². The number of benzene rings is 1. The molecule has 1 atom stereocenters. The fraction of sp³-hybridized carbons (Fsp3) is 0.412. The van der Waals surface area contributed by atoms with Gasteiger partial charge in [0.05, 0.1) is 19.3 Å². The van der Waals surface area contributed by atoms with Crippen LogP contribution < -0.4 is 15.5 Å². The molecule has 0 aliphatic carbocycles. The Hall–Kier alpha value is -3.88. The van der Waals surface area contributed by atoms with Crippen molar-refractivity contribution in [3.8, 4) is 11.1 Å². The van der Waals surface area contributed by atoms with E-state index in [1.165, 1.54) is 0 Å². The van der Waals surface area contributed by atoms with E-state index in [1.807, 2.05) is 19.2 Å². The fourth-order valence-electron chi connectivity index (χ4n) is 6.57. The highest BCUT2D eigenvalue weighted by Crippen LogP contribution is 2.33. The number of rotatable bonds is 6. The number of allylic oxidation sites excluding steroid dienone is 3. The molecular formula is C34H42N6O2. The third kappa shape index (κ3) is 5.37. The maximum Gasteiger partial charge on any atom is 0.252 e. The Bertz CT molecular complexity index is 1600. The summed E-state index contributed by atoms with van der Waals surface area (Å²) < 4.78 is 7.98. The van der Waals surface area contributed by atoms with Crippen LogP contribution in [0.4, 0.5) is 5.82 Å². The predicted molar refractivity (Wildman–Crippen MR) is 170 cm³/mol. The molecular weight excluding hydrogens is 524 g/mol. The Labute approximate surface area is 248 Å². The van der Waals surface area contributed by atoms with Crippen molar-refractivity contribution in [1.82, 2.24) is 25.1 Å². The molecule has 3 aromatic rings. The average molecular weight is 567 g/mol. The van der Waals surface area contributed by atoms with Crippen molar-refractivity contribution in [2.24, 2.45) is 0 Å². The topological polar surface area (TPSA) is 74.7 Å². The minimum atomic E-state index is -0.0945. The molecule has 2 N–H and O–H groups in total. The van der Waals surface area contributed by atoms with Crippen LogP contribution in [-0.4, -0.2) is 72.3 Å². The lowest BCUT2D eigenvalue weighted by Crippen LogP contribution is -2.58. The van der Waals surface area contributed by atoms with E-state index in [1.54, 1.807) is 0 Å². The molecule has 2 saturated heterocycles. The standard InChI is InChI=1S/C34H42N6O2/c1-21(2)40-18-23(4)33-29(34(41)36-17-30-22(3)13-24(5)37-25(30)6)14-27(15-31(33)40)26-7-8-32(35-16-26)39-10-9-38-11-12-42-20-28(38)19-39/h7-8,13-16,18,21,28,37H,6,9-12,17,19-20H2,1-5H3,(H,36,41). The van der Waals surface area contributed by atoms with E-state index in [2.05, 4.69) is 89.7 Å². The molecule has 6 rings (SSSR count). The lowest BCUT2D eigenvalue weighted by atomic mass is 9.98. The van der Waals surface area contributed by atoms with Crippen LogP contribution in [0.5, 0.6) is 0 Å². The van der Waals surface area contributed by atoms with Gasteiger partial charge in [0.1, 0.15) is 5.82 Å². The van der Waals surface area contributed by atoms with E-state index in [-0.39, 0.29) is 11.9 Å². The van der Waals surface area contributed by atoms with Crippen LogP contribution in [0, 0.1) is 6.92 Å². The summed E-state index contributed by atoms with van der Waals surface area (Å²) in [6, 6.07) is 9.13. The highest BCUT2D eigenvalue weighted by Gasteiger charge is 2.30. The monoisotopic (exact) mass is 566 g/mol. The lowest BCUT2D eigenvalue weighted by Gasteiger charge is -2.44. The molecule has 5 heterocycles. The van der Waals surface area contributed by atoms with Gasteiger partial charge in [0.2, 0.25) is 0 Å². The zero-order chi connectivity index (χ0) is 29.5. The smallest absolute Gasteiger partial charge is 0.252 e. The molecule has 2 fully saturated rings. The molecule has 0 saturated carbocycles. The second-order valence-electron chi connectivity index (χ2n) is 12.1. The highest BCUT2D eigenvalue weighted by molar-refractivity contribution is 6.09. The molecule has 220 valence electrons. The zero-order valence-electron chi connectivity index (χ0n) is 25.5. The molecule has 1 amide bonds. The molecule has 42 heavy (non-hydrogen) atoms. The van der Waals surface area contributed by atoms with Crippen LogP contribution in [0.3, 0.4) is 0 Å². The maximum atomic E-state index is 13.8. The molecule has 0 bridgehead atoms. The van der Waals surface area contributed by atoms with Gasteiger partial charge in [0.25, 0.3) is 5.91 Å². The number of ether oxygens (including phenoxy) is 1. The summed E-state index contributed by atoms with van der Waals surface area (Å²) in [6.07, 6.45) is 6.18. The summed E-state index contributed by atoms with van der Waals surface area (Å²) >= 11 is 0. The first kappa shape index (κ1) is 28.2. The molecule has 3 aliphatic heterocycles. The number of hydrogen-bond acceptors (Lipinski definition) is 6. The van der Waals surface area contributed by atoms with Crippen LogP contribution in [0.2, 0.25) is 0 Å². The van der Waals surface area contributed by atoms with Gasteiger partial charge in [-0.2, -0.15) is 0 Å². The Balaban J connectivity index is 1.31. The number of aromatic nitrogens is 2. The number of morpholine rings is 1. The number of aryl methyl sites for hydroxylation is 1. The Kier molecular flexibility index (Phi) is 7.68. The van der Waals surface area contributed by atoms with Gasteiger partial charge >= 0.3 is 0 Å². The van der Waals surface area contributed by atoms with E-state index < -0.39 is 0 Å². The molecule has 8 nitrogen and oxygen atoms in total. The number of fused-ring (bicyclic) bond motifs is 2. The van der Waals surface area contributed by atoms with Crippen LogP contribution >= 0.6 is 0 Å². The van der Waals surface area contributed by atoms with Crippen LogP contribution in [0.15, 0.2) is 71.9 Å². The van der Waals surface area contributed by atoms with Crippen LogP contribution in [0.1, 0.15) is 49.7 Å². The number of carbonyl (C=O) groups is 1. The van der Waals surface area contributed by atoms with E-state index in [0.717, 1.165) is 95.3 Å². The normalized spacial score (nSPS) is 19.7.